The maximum atomic E-state index is 14.2. The number of aromatic amines is 1. The first-order valence-corrected chi connectivity index (χ1v) is 7.46. The molecule has 2 aromatic rings. The number of hydrogen-bond donors (Lipinski definition) is 3. The van der Waals surface area contributed by atoms with Crippen molar-refractivity contribution in [3.8, 4) is 0 Å². The van der Waals surface area contributed by atoms with Crippen LogP contribution in [-0.4, -0.2) is 23.2 Å². The van der Waals surface area contributed by atoms with Gasteiger partial charge in [-0.2, -0.15) is 4.98 Å². The van der Waals surface area contributed by atoms with E-state index < -0.39 is 34.1 Å². The Morgan fingerprint density at radius 2 is 2.05 bits per heavy atom. The van der Waals surface area contributed by atoms with Crippen LogP contribution in [0.3, 0.4) is 0 Å². The van der Waals surface area contributed by atoms with Crippen molar-refractivity contribution in [2.24, 2.45) is 7.05 Å². The lowest BCUT2D eigenvalue weighted by molar-refractivity contribution is 0.555. The molecule has 0 radical (unpaired) electrons. The summed E-state index contributed by atoms with van der Waals surface area (Å²) >= 11 is 0. The van der Waals surface area contributed by atoms with E-state index in [4.69, 9.17) is 0 Å². The second-order valence-electron chi connectivity index (χ2n) is 4.72. The predicted octanol–water partition coefficient (Wildman–Crippen LogP) is 0.154. The van der Waals surface area contributed by atoms with E-state index in [1.807, 2.05) is 4.72 Å². The van der Waals surface area contributed by atoms with E-state index in [0.29, 0.717) is 0 Å². The van der Waals surface area contributed by atoms with E-state index in [1.54, 1.807) is 6.92 Å². The smallest absolute Gasteiger partial charge is 0.273 e. The molecule has 0 amide bonds. The van der Waals surface area contributed by atoms with Gasteiger partial charge in [-0.1, -0.05) is 6.92 Å². The van der Waals surface area contributed by atoms with Crippen LogP contribution in [0.15, 0.2) is 16.9 Å². The predicted molar refractivity (Wildman–Crippen MR) is 74.9 cm³/mol. The largest absolute Gasteiger partial charge is 0.361 e. The van der Waals surface area contributed by atoms with E-state index >= 15 is 0 Å². The number of H-pyrrole nitrogens is 1. The highest BCUT2D eigenvalue weighted by molar-refractivity contribution is 7.70. The molecular formula is C12H14F2N4O3S. The highest BCUT2D eigenvalue weighted by Gasteiger charge is 2.20. The van der Waals surface area contributed by atoms with Crippen molar-refractivity contribution in [1.82, 2.24) is 19.5 Å². The zero-order chi connectivity index (χ0) is 16.4. The monoisotopic (exact) mass is 332 g/mol. The molecule has 7 nitrogen and oxygen atoms in total. The second kappa shape index (κ2) is 6.36. The molecule has 1 unspecified atom stereocenters. The summed E-state index contributed by atoms with van der Waals surface area (Å²) in [6.45, 7) is 1.25. The molecule has 0 spiro atoms. The lowest BCUT2D eigenvalue weighted by atomic mass is 9.98. The third-order valence-electron chi connectivity index (χ3n) is 3.24. The molecule has 0 saturated heterocycles. The number of nitrogens with one attached hydrogen (secondary N) is 2. The van der Waals surface area contributed by atoms with Gasteiger partial charge < -0.3 is 0 Å². The van der Waals surface area contributed by atoms with Crippen molar-refractivity contribution in [1.29, 1.82) is 0 Å². The molecule has 0 bridgehead atoms. The summed E-state index contributed by atoms with van der Waals surface area (Å²) in [7, 11) is -1.36. The number of hydrogen-bond acceptors (Lipinski definition) is 4. The standard InChI is InChI=1S/C12H14F2N4O3S/c1-6(11-16-12(19)17-18(11)2)8-4-9(13)7(3-10(8)14)5-15-22(20)21/h3-4,6,22H,5H2,1-2H3,(H,17,19)(H,15,20,21). The fourth-order valence-electron chi connectivity index (χ4n) is 2.15. The summed E-state index contributed by atoms with van der Waals surface area (Å²) in [5.74, 6) is -1.84. The fraction of sp³-hybridized carbons (Fsp3) is 0.333. The zero-order valence-corrected chi connectivity index (χ0v) is 12.7. The van der Waals surface area contributed by atoms with E-state index in [0.717, 1.165) is 12.1 Å². The molecule has 1 aromatic heterocycles. The Labute approximate surface area is 126 Å². The highest BCUT2D eigenvalue weighted by atomic mass is 32.2. The molecule has 1 aromatic carbocycles. The van der Waals surface area contributed by atoms with Gasteiger partial charge >= 0.3 is 5.69 Å². The van der Waals surface area contributed by atoms with Gasteiger partial charge in [0, 0.05) is 30.6 Å². The number of benzene rings is 1. The minimum atomic E-state index is -2.90. The van der Waals surface area contributed by atoms with Gasteiger partial charge in [0.2, 0.25) is 10.9 Å². The Kier molecular flexibility index (Phi) is 4.71. The number of rotatable bonds is 5. The van der Waals surface area contributed by atoms with Crippen molar-refractivity contribution in [2.45, 2.75) is 19.4 Å². The van der Waals surface area contributed by atoms with Gasteiger partial charge in [-0.15, -0.1) is 0 Å². The van der Waals surface area contributed by atoms with Gasteiger partial charge in [0.25, 0.3) is 0 Å². The van der Waals surface area contributed by atoms with Gasteiger partial charge in [0.05, 0.1) is 0 Å². The maximum absolute atomic E-state index is 14.2. The summed E-state index contributed by atoms with van der Waals surface area (Å²) in [5.41, 5.74) is -0.663. The van der Waals surface area contributed by atoms with Crippen LogP contribution in [0.25, 0.3) is 0 Å². The quantitative estimate of drug-likeness (QED) is 0.679. The molecule has 1 atom stereocenters. The minimum Gasteiger partial charge on any atom is -0.273 e. The third kappa shape index (κ3) is 3.39. The number of aryl methyl sites for hydroxylation is 1. The van der Waals surface area contributed by atoms with E-state index in [-0.39, 0.29) is 23.5 Å². The fourth-order valence-corrected chi connectivity index (χ4v) is 2.45. The molecule has 0 aliphatic rings. The highest BCUT2D eigenvalue weighted by Crippen LogP contribution is 2.26. The molecule has 2 rings (SSSR count). The SMILES string of the molecule is CC(c1cc(F)c(CN[SH](=O)=O)cc1F)c1nc(=O)[nH]n1C. The Morgan fingerprint density at radius 1 is 1.36 bits per heavy atom. The third-order valence-corrected chi connectivity index (χ3v) is 3.66. The average molecular weight is 332 g/mol. The number of nitrogens with zero attached hydrogens (tertiary/aromatic N) is 2. The van der Waals surface area contributed by atoms with Crippen molar-refractivity contribution in [2.75, 3.05) is 0 Å². The van der Waals surface area contributed by atoms with E-state index in [1.165, 1.54) is 11.7 Å². The zero-order valence-electron chi connectivity index (χ0n) is 11.8. The Hall–Kier alpha value is -2.07. The van der Waals surface area contributed by atoms with Crippen LogP contribution in [0, 0.1) is 11.6 Å². The van der Waals surface area contributed by atoms with Crippen LogP contribution in [0.2, 0.25) is 0 Å². The van der Waals surface area contributed by atoms with Crippen LogP contribution in [-0.2, 0) is 24.5 Å². The molecule has 120 valence electrons. The van der Waals surface area contributed by atoms with Crippen molar-refractivity contribution in [3.05, 3.63) is 51.2 Å². The molecular weight excluding hydrogens is 318 g/mol. The second-order valence-corrected chi connectivity index (χ2v) is 5.56. The summed E-state index contributed by atoms with van der Waals surface area (Å²) in [6, 6.07) is 1.91. The number of aromatic nitrogens is 3. The van der Waals surface area contributed by atoms with Crippen LogP contribution in [0.5, 0.6) is 0 Å². The minimum absolute atomic E-state index is 0.0230. The van der Waals surface area contributed by atoms with Crippen LogP contribution in [0.4, 0.5) is 8.78 Å². The average Bonchev–Trinajstić information content (AvgIpc) is 2.77. The van der Waals surface area contributed by atoms with Crippen molar-refractivity contribution in [3.63, 3.8) is 0 Å². The summed E-state index contributed by atoms with van der Waals surface area (Å²) in [5, 5.41) is 2.39. The molecule has 2 N–H and O–H groups in total. The Morgan fingerprint density at radius 3 is 2.59 bits per heavy atom. The molecule has 0 aliphatic carbocycles. The molecule has 22 heavy (non-hydrogen) atoms. The lowest BCUT2D eigenvalue weighted by Crippen LogP contribution is -2.13. The van der Waals surface area contributed by atoms with Crippen LogP contribution >= 0.6 is 0 Å². The summed E-state index contributed by atoms with van der Waals surface area (Å²) in [4.78, 5) is 14.9. The van der Waals surface area contributed by atoms with Gasteiger partial charge in [-0.05, 0) is 12.1 Å². The molecule has 0 saturated carbocycles. The van der Waals surface area contributed by atoms with Crippen molar-refractivity contribution < 1.29 is 17.2 Å². The van der Waals surface area contributed by atoms with Gasteiger partial charge in [-0.25, -0.2) is 31.8 Å². The number of halogens is 2. The molecule has 0 aliphatic heterocycles. The van der Waals surface area contributed by atoms with E-state index in [9.17, 15) is 22.0 Å². The summed E-state index contributed by atoms with van der Waals surface area (Å²) in [6.07, 6.45) is 0. The van der Waals surface area contributed by atoms with Gasteiger partial charge in [0.1, 0.15) is 17.5 Å². The number of thiol groups is 1. The van der Waals surface area contributed by atoms with E-state index in [2.05, 4.69) is 10.1 Å². The first-order valence-electron chi connectivity index (χ1n) is 6.28. The van der Waals surface area contributed by atoms with Gasteiger partial charge in [-0.3, -0.25) is 4.68 Å². The summed E-state index contributed by atoms with van der Waals surface area (Å²) < 4.78 is 52.3. The molecule has 0 fully saturated rings. The molecule has 10 heteroatoms. The first kappa shape index (κ1) is 16.3. The molecule has 1 heterocycles. The first-order chi connectivity index (χ1) is 10.3. The Bertz CT molecular complexity index is 820. The van der Waals surface area contributed by atoms with Gasteiger partial charge in [0.15, 0.2) is 0 Å². The maximum Gasteiger partial charge on any atom is 0.361 e. The topological polar surface area (TPSA) is 96.8 Å². The lowest BCUT2D eigenvalue weighted by Gasteiger charge is -2.14. The Balaban J connectivity index is 2.38. The normalized spacial score (nSPS) is 12.8. The van der Waals surface area contributed by atoms with Crippen LogP contribution in [0.1, 0.15) is 29.8 Å². The van der Waals surface area contributed by atoms with Crippen LogP contribution < -0.4 is 10.4 Å². The van der Waals surface area contributed by atoms with Crippen molar-refractivity contribution >= 4 is 10.9 Å².